The highest BCUT2D eigenvalue weighted by molar-refractivity contribution is 5.88. The largest absolute Gasteiger partial charge is 0.208 e. The zero-order chi connectivity index (χ0) is 42.8. The van der Waals surface area contributed by atoms with Crippen LogP contribution in [0.1, 0.15) is 73.9 Å². The Hall–Kier alpha value is -7.23. The van der Waals surface area contributed by atoms with Gasteiger partial charge in [0.2, 0.25) is 0 Å². The molecule has 304 valence electrons. The standard InChI is InChI=1S/C60H49N3/c1-58(2)35-36-59(3,4)54-38-44(32-34-52(54)58)43-19-16-20-45(37-43)56-61-55(42-29-27-41(28-30-42)40-17-8-5-9-18-40)62-57(63-56)46-31-33-50-49-25-14-15-26-51(49)60(53(50)39-46,47-21-10-6-11-22-47)48-23-12-7-13-24-48/h5-34,37-39H,35-36H2,1-4H3. The minimum Gasteiger partial charge on any atom is -0.208 e. The van der Waals surface area contributed by atoms with E-state index in [0.29, 0.717) is 17.5 Å². The van der Waals surface area contributed by atoms with Crippen LogP contribution in [0.3, 0.4) is 0 Å². The lowest BCUT2D eigenvalue weighted by Gasteiger charge is -2.42. The minimum atomic E-state index is -0.538. The Bertz CT molecular complexity index is 3110. The quantitative estimate of drug-likeness (QED) is 0.161. The maximum absolute atomic E-state index is 5.36. The van der Waals surface area contributed by atoms with E-state index < -0.39 is 5.41 Å². The molecule has 0 N–H and O–H groups in total. The average Bonchev–Trinajstić information content (AvgIpc) is 3.64. The van der Waals surface area contributed by atoms with Crippen LogP contribution in [0.15, 0.2) is 200 Å². The molecule has 1 aromatic heterocycles. The lowest BCUT2D eigenvalue weighted by Crippen LogP contribution is -2.33. The summed E-state index contributed by atoms with van der Waals surface area (Å²) in [7, 11) is 0. The van der Waals surface area contributed by atoms with Gasteiger partial charge in [-0.15, -0.1) is 0 Å². The van der Waals surface area contributed by atoms with Crippen molar-refractivity contribution in [1.82, 2.24) is 15.0 Å². The Balaban J connectivity index is 1.09. The van der Waals surface area contributed by atoms with Crippen molar-refractivity contribution in [3.05, 3.63) is 234 Å². The first-order valence-corrected chi connectivity index (χ1v) is 22.2. The van der Waals surface area contributed by atoms with Gasteiger partial charge in [0.25, 0.3) is 0 Å². The van der Waals surface area contributed by atoms with Gasteiger partial charge in [0.15, 0.2) is 17.5 Å². The van der Waals surface area contributed by atoms with E-state index in [9.17, 15) is 0 Å². The molecule has 0 saturated carbocycles. The molecule has 0 saturated heterocycles. The number of hydrogen-bond donors (Lipinski definition) is 0. The van der Waals surface area contributed by atoms with Gasteiger partial charge in [-0.05, 0) is 103 Å². The van der Waals surface area contributed by atoms with Crippen LogP contribution >= 0.6 is 0 Å². The third-order valence-electron chi connectivity index (χ3n) is 13.9. The summed E-state index contributed by atoms with van der Waals surface area (Å²) in [5.41, 5.74) is 17.6. The van der Waals surface area contributed by atoms with Gasteiger partial charge in [-0.1, -0.05) is 216 Å². The fourth-order valence-electron chi connectivity index (χ4n) is 10.4. The molecular weight excluding hydrogens is 763 g/mol. The number of rotatable bonds is 7. The lowest BCUT2D eigenvalue weighted by atomic mass is 9.63. The van der Waals surface area contributed by atoms with Crippen LogP contribution in [-0.4, -0.2) is 15.0 Å². The third-order valence-corrected chi connectivity index (χ3v) is 13.9. The lowest BCUT2D eigenvalue weighted by molar-refractivity contribution is 0.332. The number of fused-ring (bicyclic) bond motifs is 4. The second kappa shape index (κ2) is 15.0. The highest BCUT2D eigenvalue weighted by Crippen LogP contribution is 2.56. The molecule has 63 heavy (non-hydrogen) atoms. The molecule has 0 unspecified atom stereocenters. The molecule has 0 atom stereocenters. The van der Waals surface area contributed by atoms with E-state index in [-0.39, 0.29) is 10.8 Å². The van der Waals surface area contributed by atoms with E-state index in [2.05, 4.69) is 228 Å². The molecule has 1 heterocycles. The molecule has 11 rings (SSSR count). The summed E-state index contributed by atoms with van der Waals surface area (Å²) in [6.45, 7) is 9.55. The molecular formula is C60H49N3. The van der Waals surface area contributed by atoms with Crippen LogP contribution in [0.5, 0.6) is 0 Å². The van der Waals surface area contributed by atoms with Crippen molar-refractivity contribution in [2.75, 3.05) is 0 Å². The van der Waals surface area contributed by atoms with Crippen LogP contribution < -0.4 is 0 Å². The SMILES string of the molecule is CC1(C)CCC(C)(C)c2cc(-c3cccc(-c4nc(-c5ccc(-c6ccccc6)cc5)nc(-c5ccc6c(c5)C(c5ccccc5)(c5ccccc5)c5ccccc5-6)n4)c3)ccc21. The van der Waals surface area contributed by atoms with E-state index >= 15 is 0 Å². The van der Waals surface area contributed by atoms with Crippen molar-refractivity contribution in [2.45, 2.75) is 56.8 Å². The number of benzene rings is 8. The number of hydrogen-bond acceptors (Lipinski definition) is 3. The normalized spacial score (nSPS) is 15.2. The first kappa shape index (κ1) is 38.7. The van der Waals surface area contributed by atoms with Gasteiger partial charge < -0.3 is 0 Å². The maximum Gasteiger partial charge on any atom is 0.164 e. The Morgan fingerprint density at radius 2 is 0.730 bits per heavy atom. The molecule has 0 spiro atoms. The Kier molecular flexibility index (Phi) is 9.20. The van der Waals surface area contributed by atoms with Gasteiger partial charge in [-0.25, -0.2) is 15.0 Å². The number of nitrogens with zero attached hydrogens (tertiary/aromatic N) is 3. The van der Waals surface area contributed by atoms with Crippen LogP contribution in [0.2, 0.25) is 0 Å². The zero-order valence-electron chi connectivity index (χ0n) is 36.3. The first-order chi connectivity index (χ1) is 30.7. The average molecular weight is 812 g/mol. The van der Waals surface area contributed by atoms with Gasteiger partial charge in [0, 0.05) is 16.7 Å². The molecule has 0 fully saturated rings. The third kappa shape index (κ3) is 6.53. The second-order valence-corrected chi connectivity index (χ2v) is 18.6. The molecule has 2 aliphatic rings. The van der Waals surface area contributed by atoms with Gasteiger partial charge in [-0.2, -0.15) is 0 Å². The summed E-state index contributed by atoms with van der Waals surface area (Å²) in [6.07, 6.45) is 2.36. The smallest absolute Gasteiger partial charge is 0.164 e. The topological polar surface area (TPSA) is 38.7 Å². The van der Waals surface area contributed by atoms with E-state index in [1.165, 1.54) is 68.5 Å². The van der Waals surface area contributed by atoms with Crippen molar-refractivity contribution in [2.24, 2.45) is 0 Å². The minimum absolute atomic E-state index is 0.113. The zero-order valence-corrected chi connectivity index (χ0v) is 36.3. The highest BCUT2D eigenvalue weighted by Gasteiger charge is 2.46. The highest BCUT2D eigenvalue weighted by atomic mass is 15.0. The van der Waals surface area contributed by atoms with E-state index in [1.54, 1.807) is 0 Å². The summed E-state index contributed by atoms with van der Waals surface area (Å²) >= 11 is 0. The van der Waals surface area contributed by atoms with Crippen molar-refractivity contribution >= 4 is 0 Å². The summed E-state index contributed by atoms with van der Waals surface area (Å²) in [4.78, 5) is 15.9. The monoisotopic (exact) mass is 811 g/mol. The van der Waals surface area contributed by atoms with Crippen LogP contribution in [0.25, 0.3) is 67.5 Å². The molecule has 0 amide bonds. The number of aromatic nitrogens is 3. The molecule has 2 aliphatic carbocycles. The van der Waals surface area contributed by atoms with E-state index in [4.69, 9.17) is 15.0 Å². The van der Waals surface area contributed by atoms with Crippen LogP contribution in [0.4, 0.5) is 0 Å². The van der Waals surface area contributed by atoms with Gasteiger partial charge >= 0.3 is 0 Å². The Morgan fingerprint density at radius 3 is 1.40 bits per heavy atom. The molecule has 0 bridgehead atoms. The van der Waals surface area contributed by atoms with Crippen molar-refractivity contribution < 1.29 is 0 Å². The summed E-state index contributed by atoms with van der Waals surface area (Å²) in [6, 6.07) is 72.4. The fourth-order valence-corrected chi connectivity index (χ4v) is 10.4. The Labute approximate surface area is 371 Å². The molecule has 9 aromatic rings. The summed E-state index contributed by atoms with van der Waals surface area (Å²) < 4.78 is 0. The van der Waals surface area contributed by atoms with Gasteiger partial charge in [0.05, 0.1) is 5.41 Å². The molecule has 0 aliphatic heterocycles. The van der Waals surface area contributed by atoms with Crippen molar-refractivity contribution in [1.29, 1.82) is 0 Å². The Morgan fingerprint density at radius 1 is 0.302 bits per heavy atom. The van der Waals surface area contributed by atoms with Crippen LogP contribution in [-0.2, 0) is 16.2 Å². The molecule has 3 nitrogen and oxygen atoms in total. The predicted octanol–water partition coefficient (Wildman–Crippen LogP) is 14.9. The summed E-state index contributed by atoms with van der Waals surface area (Å²) in [5, 5.41) is 0. The first-order valence-electron chi connectivity index (χ1n) is 22.2. The van der Waals surface area contributed by atoms with Gasteiger partial charge in [-0.3, -0.25) is 0 Å². The van der Waals surface area contributed by atoms with E-state index in [0.717, 1.165) is 27.8 Å². The molecule has 3 heteroatoms. The van der Waals surface area contributed by atoms with E-state index in [1.807, 2.05) is 0 Å². The maximum atomic E-state index is 5.36. The predicted molar refractivity (Wildman–Crippen MR) is 260 cm³/mol. The van der Waals surface area contributed by atoms with Gasteiger partial charge in [0.1, 0.15) is 0 Å². The molecule has 0 radical (unpaired) electrons. The second-order valence-electron chi connectivity index (χ2n) is 18.6. The van der Waals surface area contributed by atoms with Crippen LogP contribution in [0, 0.1) is 0 Å². The van der Waals surface area contributed by atoms with Crippen molar-refractivity contribution in [3.8, 4) is 67.5 Å². The fraction of sp³-hybridized carbons (Fsp3) is 0.150. The summed E-state index contributed by atoms with van der Waals surface area (Å²) in [5.74, 6) is 1.92. The molecule has 8 aromatic carbocycles. The van der Waals surface area contributed by atoms with Crippen molar-refractivity contribution in [3.63, 3.8) is 0 Å².